The van der Waals surface area contributed by atoms with Gasteiger partial charge in [0.2, 0.25) is 0 Å². The summed E-state index contributed by atoms with van der Waals surface area (Å²) in [6.07, 6.45) is 0. The monoisotopic (exact) mass is 652 g/mol. The Morgan fingerprint density at radius 1 is 0.420 bits per heavy atom. The molecule has 0 aliphatic rings. The van der Waals surface area contributed by atoms with Crippen molar-refractivity contribution in [3.05, 3.63) is 187 Å². The van der Waals surface area contributed by atoms with Crippen LogP contribution in [0, 0.1) is 34.0 Å². The van der Waals surface area contributed by atoms with Crippen molar-refractivity contribution in [1.29, 1.82) is 15.8 Å². The van der Waals surface area contributed by atoms with E-state index >= 15 is 0 Å². The van der Waals surface area contributed by atoms with Gasteiger partial charge in [-0.1, -0.05) is 127 Å². The molecule has 1 aromatic heterocycles. The van der Waals surface area contributed by atoms with Gasteiger partial charge in [0.05, 0.1) is 51.6 Å². The Kier molecular flexibility index (Phi) is 7.63. The summed E-state index contributed by atoms with van der Waals surface area (Å²) in [5.74, 6) is 0. The van der Waals surface area contributed by atoms with E-state index in [9.17, 15) is 15.8 Å². The lowest BCUT2D eigenvalue weighted by Gasteiger charge is -2.36. The van der Waals surface area contributed by atoms with Gasteiger partial charge >= 0.3 is 0 Å². The van der Waals surface area contributed by atoms with E-state index in [1.54, 1.807) is 0 Å². The van der Waals surface area contributed by atoms with E-state index in [4.69, 9.17) is 0 Å². The van der Waals surface area contributed by atoms with E-state index in [1.807, 2.05) is 78.9 Å². The number of fused-ring (bicyclic) bond motifs is 3. The molecule has 8 rings (SSSR count). The average Bonchev–Trinajstić information content (AvgIpc) is 3.52. The maximum absolute atomic E-state index is 10.9. The molecule has 0 amide bonds. The number of rotatable bonds is 6. The van der Waals surface area contributed by atoms with Gasteiger partial charge in [0.25, 0.3) is 0 Å². The highest BCUT2D eigenvalue weighted by Gasteiger charge is 2.44. The van der Waals surface area contributed by atoms with Crippen LogP contribution in [0.15, 0.2) is 170 Å². The zero-order chi connectivity index (χ0) is 34.1. The molecule has 50 heavy (non-hydrogen) atoms. The standard InChI is InChI=1S/C45H28N4Si/c46-29-32-26-27-41-39(28-32)38-22-10-11-23-40(38)49(41)42-24-12-14-33(30-47)44(42)45-34(31-48)15-13-25-43(45)50(35-16-4-1-5-17-35,36-18-6-2-7-19-36)37-20-8-3-9-21-37/h1-28H. The maximum atomic E-state index is 10.9. The van der Waals surface area contributed by atoms with E-state index in [-0.39, 0.29) is 0 Å². The summed E-state index contributed by atoms with van der Waals surface area (Å²) >= 11 is 0. The molecule has 0 fully saturated rings. The molecule has 0 aliphatic heterocycles. The third-order valence-electron chi connectivity index (χ3n) is 9.66. The second-order valence-corrected chi connectivity index (χ2v) is 16.0. The fourth-order valence-electron chi connectivity index (χ4n) is 7.64. The van der Waals surface area contributed by atoms with Crippen molar-refractivity contribution >= 4 is 50.6 Å². The van der Waals surface area contributed by atoms with Crippen LogP contribution < -0.4 is 20.7 Å². The molecule has 1 heterocycles. The van der Waals surface area contributed by atoms with Gasteiger partial charge in [0, 0.05) is 21.9 Å². The topological polar surface area (TPSA) is 76.3 Å². The molecule has 232 valence electrons. The van der Waals surface area contributed by atoms with Crippen LogP contribution in [0.1, 0.15) is 16.7 Å². The van der Waals surface area contributed by atoms with Crippen molar-refractivity contribution in [1.82, 2.24) is 4.57 Å². The molecule has 0 unspecified atom stereocenters. The zero-order valence-electron chi connectivity index (χ0n) is 27.0. The van der Waals surface area contributed by atoms with Crippen LogP contribution >= 0.6 is 0 Å². The number of benzene rings is 7. The van der Waals surface area contributed by atoms with Crippen LogP contribution in [0.4, 0.5) is 0 Å². The van der Waals surface area contributed by atoms with E-state index in [1.165, 1.54) is 15.6 Å². The Morgan fingerprint density at radius 2 is 0.940 bits per heavy atom. The summed E-state index contributed by atoms with van der Waals surface area (Å²) in [6.45, 7) is 0. The lowest BCUT2D eigenvalue weighted by molar-refractivity contribution is 1.18. The number of aromatic nitrogens is 1. The molecule has 0 bridgehead atoms. The first-order valence-electron chi connectivity index (χ1n) is 16.4. The Balaban J connectivity index is 1.58. The molecule has 0 saturated carbocycles. The highest BCUT2D eigenvalue weighted by Crippen LogP contribution is 2.39. The van der Waals surface area contributed by atoms with Crippen LogP contribution in [0.2, 0.25) is 0 Å². The summed E-state index contributed by atoms with van der Waals surface area (Å²) in [6, 6.07) is 64.8. The second kappa shape index (κ2) is 12.6. The van der Waals surface area contributed by atoms with Crippen molar-refractivity contribution in [3.8, 4) is 35.0 Å². The molecule has 0 radical (unpaired) electrons. The van der Waals surface area contributed by atoms with E-state index in [0.717, 1.165) is 38.2 Å². The Hall–Kier alpha value is -6.97. The van der Waals surface area contributed by atoms with Crippen molar-refractivity contribution in [2.24, 2.45) is 0 Å². The van der Waals surface area contributed by atoms with Crippen LogP contribution in [0.25, 0.3) is 38.6 Å². The number of nitriles is 3. The van der Waals surface area contributed by atoms with Gasteiger partial charge in [0.15, 0.2) is 8.07 Å². The lowest BCUT2D eigenvalue weighted by Crippen LogP contribution is -2.75. The molecule has 0 spiro atoms. The van der Waals surface area contributed by atoms with Crippen molar-refractivity contribution in [2.45, 2.75) is 0 Å². The molecule has 0 atom stereocenters. The number of hydrogen-bond donors (Lipinski definition) is 0. The van der Waals surface area contributed by atoms with Gasteiger partial charge < -0.3 is 4.57 Å². The van der Waals surface area contributed by atoms with E-state index in [2.05, 4.69) is 114 Å². The van der Waals surface area contributed by atoms with Crippen LogP contribution in [0.5, 0.6) is 0 Å². The predicted molar refractivity (Wildman–Crippen MR) is 204 cm³/mol. The highest BCUT2D eigenvalue weighted by molar-refractivity contribution is 7.20. The smallest absolute Gasteiger partial charge is 0.180 e. The van der Waals surface area contributed by atoms with Crippen LogP contribution in [-0.4, -0.2) is 12.6 Å². The average molecular weight is 653 g/mol. The SMILES string of the molecule is N#Cc1ccc2c(c1)c1ccccc1n2-c1cccc(C#N)c1-c1c(C#N)cccc1[Si](c1ccccc1)(c1ccccc1)c1ccccc1. The number of nitrogens with zero attached hydrogens (tertiary/aromatic N) is 4. The first kappa shape index (κ1) is 30.4. The summed E-state index contributed by atoms with van der Waals surface area (Å²) in [5, 5.41) is 38.0. The molecular formula is C45H28N4Si. The Labute approximate surface area is 291 Å². The molecule has 4 nitrogen and oxygen atoms in total. The first-order valence-corrected chi connectivity index (χ1v) is 18.4. The van der Waals surface area contributed by atoms with E-state index < -0.39 is 8.07 Å². The molecular weight excluding hydrogens is 625 g/mol. The van der Waals surface area contributed by atoms with Gasteiger partial charge in [-0.05, 0) is 63.2 Å². The number of hydrogen-bond acceptors (Lipinski definition) is 3. The zero-order valence-corrected chi connectivity index (χ0v) is 28.0. The first-order chi connectivity index (χ1) is 24.7. The van der Waals surface area contributed by atoms with Crippen LogP contribution in [-0.2, 0) is 0 Å². The van der Waals surface area contributed by atoms with Gasteiger partial charge in [0.1, 0.15) is 0 Å². The minimum Gasteiger partial charge on any atom is -0.309 e. The third kappa shape index (κ3) is 4.64. The molecule has 8 aromatic rings. The van der Waals surface area contributed by atoms with Crippen molar-refractivity contribution in [2.75, 3.05) is 0 Å². The van der Waals surface area contributed by atoms with Gasteiger partial charge in [-0.25, -0.2) is 0 Å². The fraction of sp³-hybridized carbons (Fsp3) is 0. The molecule has 5 heteroatoms. The molecule has 0 N–H and O–H groups in total. The Morgan fingerprint density at radius 3 is 1.52 bits per heavy atom. The summed E-state index contributed by atoms with van der Waals surface area (Å²) < 4.78 is 2.18. The summed E-state index contributed by atoms with van der Waals surface area (Å²) in [4.78, 5) is 0. The normalized spacial score (nSPS) is 11.1. The molecule has 7 aromatic carbocycles. The van der Waals surface area contributed by atoms with Gasteiger partial charge in [-0.2, -0.15) is 15.8 Å². The van der Waals surface area contributed by atoms with Gasteiger partial charge in [-0.3, -0.25) is 0 Å². The van der Waals surface area contributed by atoms with Crippen molar-refractivity contribution < 1.29 is 0 Å². The fourth-order valence-corrected chi connectivity index (χ4v) is 12.6. The van der Waals surface area contributed by atoms with E-state index in [0.29, 0.717) is 22.3 Å². The predicted octanol–water partition coefficient (Wildman–Crippen LogP) is 7.44. The highest BCUT2D eigenvalue weighted by atomic mass is 28.3. The third-order valence-corrected chi connectivity index (χ3v) is 14.5. The molecule has 0 aliphatic carbocycles. The number of para-hydroxylation sites is 1. The lowest BCUT2D eigenvalue weighted by atomic mass is 9.94. The van der Waals surface area contributed by atoms with Crippen LogP contribution in [0.3, 0.4) is 0 Å². The summed E-state index contributed by atoms with van der Waals surface area (Å²) in [7, 11) is -3.14. The Bertz CT molecular complexity index is 2580. The van der Waals surface area contributed by atoms with Crippen molar-refractivity contribution in [3.63, 3.8) is 0 Å². The largest absolute Gasteiger partial charge is 0.309 e. The molecule has 0 saturated heterocycles. The summed E-state index contributed by atoms with van der Waals surface area (Å²) in [5.41, 5.74) is 5.66. The van der Waals surface area contributed by atoms with Gasteiger partial charge in [-0.15, -0.1) is 0 Å². The minimum absolute atomic E-state index is 0.475. The second-order valence-electron chi connectivity index (χ2n) is 12.2. The quantitative estimate of drug-likeness (QED) is 0.138. The minimum atomic E-state index is -3.14. The maximum Gasteiger partial charge on any atom is 0.180 e.